The molecule has 23 heavy (non-hydrogen) atoms. The summed E-state index contributed by atoms with van der Waals surface area (Å²) in [6.45, 7) is 12.6. The quantitative estimate of drug-likeness (QED) is 0.765. The molecule has 3 aliphatic rings. The van der Waals surface area contributed by atoms with E-state index in [-0.39, 0.29) is 22.2 Å². The Morgan fingerprint density at radius 1 is 1.04 bits per heavy atom. The number of carboxylic acid groups (broad SMARTS) is 1. The van der Waals surface area contributed by atoms with Crippen molar-refractivity contribution in [2.24, 2.45) is 33.5 Å². The molecule has 1 N–H and O–H groups in total. The Hall–Kier alpha value is -1.12. The summed E-state index contributed by atoms with van der Waals surface area (Å²) in [5, 5.41) is 9.68. The third-order valence-corrected chi connectivity index (χ3v) is 8.52. The van der Waals surface area contributed by atoms with Gasteiger partial charge in [0.2, 0.25) is 0 Å². The van der Waals surface area contributed by atoms with Crippen LogP contribution in [0.15, 0.2) is 11.6 Å². The first-order valence-corrected chi connectivity index (χ1v) is 8.89. The normalized spacial score (nSPS) is 45.8. The van der Waals surface area contributed by atoms with Gasteiger partial charge in [0.15, 0.2) is 5.78 Å². The first-order chi connectivity index (χ1) is 10.4. The zero-order chi connectivity index (χ0) is 17.4. The SMILES string of the molecule is CC12CCC(/C(=C\[C@H]3CC[C@@](C)(C(=O)O)C3(C)C)C1=O)C2(C)C. The summed E-state index contributed by atoms with van der Waals surface area (Å²) in [7, 11) is 0. The third kappa shape index (κ3) is 1.77. The van der Waals surface area contributed by atoms with Crippen LogP contribution in [0.4, 0.5) is 0 Å². The van der Waals surface area contributed by atoms with Gasteiger partial charge in [0, 0.05) is 5.41 Å². The van der Waals surface area contributed by atoms with Gasteiger partial charge in [0.1, 0.15) is 0 Å². The Morgan fingerprint density at radius 2 is 1.65 bits per heavy atom. The number of carbonyl (C=O) groups excluding carboxylic acids is 1. The number of fused-ring (bicyclic) bond motifs is 2. The van der Waals surface area contributed by atoms with Crippen molar-refractivity contribution < 1.29 is 14.7 Å². The molecule has 0 aromatic heterocycles. The first-order valence-electron chi connectivity index (χ1n) is 8.89. The van der Waals surface area contributed by atoms with Crippen molar-refractivity contribution >= 4 is 11.8 Å². The van der Waals surface area contributed by atoms with Gasteiger partial charge in [0.25, 0.3) is 0 Å². The average Bonchev–Trinajstić information content (AvgIpc) is 2.86. The highest BCUT2D eigenvalue weighted by atomic mass is 16.4. The lowest BCUT2D eigenvalue weighted by molar-refractivity contribution is -0.154. The molecule has 0 saturated heterocycles. The molecular formula is C20H30O3. The monoisotopic (exact) mass is 318 g/mol. The Morgan fingerprint density at radius 3 is 2.09 bits per heavy atom. The summed E-state index contributed by atoms with van der Waals surface area (Å²) in [5.41, 5.74) is -0.262. The van der Waals surface area contributed by atoms with E-state index >= 15 is 0 Å². The Bertz CT molecular complexity index is 612. The fraction of sp³-hybridized carbons (Fsp3) is 0.800. The predicted molar refractivity (Wildman–Crippen MR) is 89.9 cm³/mol. The number of hydrogen-bond acceptors (Lipinski definition) is 2. The molecule has 3 nitrogen and oxygen atoms in total. The fourth-order valence-electron chi connectivity index (χ4n) is 5.55. The Labute approximate surface area is 139 Å². The molecule has 2 unspecified atom stereocenters. The molecule has 0 spiro atoms. The summed E-state index contributed by atoms with van der Waals surface area (Å²) in [5.74, 6) is 0.113. The molecule has 0 aliphatic heterocycles. The number of carboxylic acids is 1. The zero-order valence-corrected chi connectivity index (χ0v) is 15.3. The van der Waals surface area contributed by atoms with E-state index in [4.69, 9.17) is 0 Å². The highest BCUT2D eigenvalue weighted by Gasteiger charge is 2.64. The van der Waals surface area contributed by atoms with E-state index in [1.807, 2.05) is 6.92 Å². The number of allylic oxidation sites excluding steroid dienone is 2. The fourth-order valence-corrected chi connectivity index (χ4v) is 5.55. The number of Topliss-reactive ketones (excluding diaryl/α,β-unsaturated/α-hetero) is 1. The van der Waals surface area contributed by atoms with E-state index < -0.39 is 11.4 Å². The van der Waals surface area contributed by atoms with Gasteiger partial charge in [-0.1, -0.05) is 40.7 Å². The summed E-state index contributed by atoms with van der Waals surface area (Å²) in [6.07, 6.45) is 5.79. The second kappa shape index (κ2) is 4.49. The van der Waals surface area contributed by atoms with Crippen LogP contribution in [0.1, 0.15) is 67.2 Å². The lowest BCUT2D eigenvalue weighted by Gasteiger charge is -2.38. The molecule has 3 fully saturated rings. The predicted octanol–water partition coefficient (Wildman–Crippen LogP) is 4.47. The van der Waals surface area contributed by atoms with Crippen LogP contribution in [-0.4, -0.2) is 16.9 Å². The maximum Gasteiger partial charge on any atom is 0.309 e. The van der Waals surface area contributed by atoms with E-state index in [1.54, 1.807) is 0 Å². The number of rotatable bonds is 2. The maximum atomic E-state index is 13.0. The Kier molecular flexibility index (Phi) is 3.26. The standard InChI is InChI=1S/C20H30O3/c1-17(2)12(7-9-20(17,6)16(22)23)11-13-14-8-10-19(5,15(13)21)18(14,3)4/h11-12,14H,7-10H2,1-6H3,(H,22,23)/b13-11+/t12-,14?,19?,20+/m1/s1. The summed E-state index contributed by atoms with van der Waals surface area (Å²) in [6, 6.07) is 0. The van der Waals surface area contributed by atoms with E-state index in [0.717, 1.165) is 24.8 Å². The van der Waals surface area contributed by atoms with Gasteiger partial charge in [0.05, 0.1) is 5.41 Å². The highest BCUT2D eigenvalue weighted by molar-refractivity contribution is 6.04. The van der Waals surface area contributed by atoms with Gasteiger partial charge < -0.3 is 5.11 Å². The van der Waals surface area contributed by atoms with Gasteiger partial charge in [-0.3, -0.25) is 9.59 Å². The number of ketones is 1. The van der Waals surface area contributed by atoms with Gasteiger partial charge in [-0.25, -0.2) is 0 Å². The van der Waals surface area contributed by atoms with Crippen molar-refractivity contribution in [2.45, 2.75) is 67.2 Å². The molecule has 3 saturated carbocycles. The van der Waals surface area contributed by atoms with Crippen molar-refractivity contribution in [2.75, 3.05) is 0 Å². The zero-order valence-electron chi connectivity index (χ0n) is 15.3. The average molecular weight is 318 g/mol. The number of carbonyl (C=O) groups is 2. The minimum atomic E-state index is -0.713. The minimum Gasteiger partial charge on any atom is -0.481 e. The third-order valence-electron chi connectivity index (χ3n) is 8.52. The summed E-state index contributed by atoms with van der Waals surface area (Å²) >= 11 is 0. The van der Waals surface area contributed by atoms with Crippen LogP contribution in [0, 0.1) is 33.5 Å². The summed E-state index contributed by atoms with van der Waals surface area (Å²) < 4.78 is 0. The van der Waals surface area contributed by atoms with Gasteiger partial charge in [-0.15, -0.1) is 0 Å². The van der Waals surface area contributed by atoms with Gasteiger partial charge in [-0.05, 0) is 60.8 Å². The van der Waals surface area contributed by atoms with Crippen molar-refractivity contribution in [3.63, 3.8) is 0 Å². The van der Waals surface area contributed by atoms with Crippen LogP contribution in [-0.2, 0) is 9.59 Å². The summed E-state index contributed by atoms with van der Waals surface area (Å²) in [4.78, 5) is 24.8. The van der Waals surface area contributed by atoms with E-state index in [1.165, 1.54) is 0 Å². The van der Waals surface area contributed by atoms with Crippen LogP contribution in [0.5, 0.6) is 0 Å². The molecule has 3 rings (SSSR count). The molecule has 0 amide bonds. The van der Waals surface area contributed by atoms with Crippen molar-refractivity contribution in [1.29, 1.82) is 0 Å². The van der Waals surface area contributed by atoms with Gasteiger partial charge in [-0.2, -0.15) is 0 Å². The number of aliphatic carboxylic acids is 1. The van der Waals surface area contributed by atoms with E-state index in [0.29, 0.717) is 18.1 Å². The molecular weight excluding hydrogens is 288 g/mol. The molecule has 4 atom stereocenters. The smallest absolute Gasteiger partial charge is 0.309 e. The maximum absolute atomic E-state index is 13.0. The van der Waals surface area contributed by atoms with Gasteiger partial charge >= 0.3 is 5.97 Å². The van der Waals surface area contributed by atoms with Crippen LogP contribution >= 0.6 is 0 Å². The van der Waals surface area contributed by atoms with Crippen LogP contribution < -0.4 is 0 Å². The van der Waals surface area contributed by atoms with Crippen LogP contribution in [0.25, 0.3) is 0 Å². The van der Waals surface area contributed by atoms with E-state index in [9.17, 15) is 14.7 Å². The largest absolute Gasteiger partial charge is 0.481 e. The second-order valence-corrected chi connectivity index (χ2v) is 9.60. The molecule has 3 aliphatic carbocycles. The van der Waals surface area contributed by atoms with Crippen molar-refractivity contribution in [3.05, 3.63) is 11.6 Å². The molecule has 128 valence electrons. The van der Waals surface area contributed by atoms with E-state index in [2.05, 4.69) is 40.7 Å². The molecule has 0 aromatic rings. The lowest BCUT2D eigenvalue weighted by atomic mass is 9.65. The van der Waals surface area contributed by atoms with Crippen LogP contribution in [0.3, 0.4) is 0 Å². The second-order valence-electron chi connectivity index (χ2n) is 9.60. The molecule has 0 radical (unpaired) electrons. The molecule has 0 aromatic carbocycles. The number of hydrogen-bond donors (Lipinski definition) is 1. The molecule has 2 bridgehead atoms. The molecule has 3 heteroatoms. The molecule has 0 heterocycles. The Balaban J connectivity index is 1.99. The van der Waals surface area contributed by atoms with Crippen molar-refractivity contribution in [3.8, 4) is 0 Å². The van der Waals surface area contributed by atoms with Crippen LogP contribution in [0.2, 0.25) is 0 Å². The highest BCUT2D eigenvalue weighted by Crippen LogP contribution is 2.66. The topological polar surface area (TPSA) is 54.4 Å². The first kappa shape index (κ1) is 16.7. The minimum absolute atomic E-state index is 0.0226. The van der Waals surface area contributed by atoms with Crippen molar-refractivity contribution in [1.82, 2.24) is 0 Å². The lowest BCUT2D eigenvalue weighted by Crippen LogP contribution is -2.40.